The first-order valence-electron chi connectivity index (χ1n) is 9.42. The molecule has 5 heteroatoms. The van der Waals surface area contributed by atoms with Crippen molar-refractivity contribution in [3.8, 4) is 11.1 Å². The van der Waals surface area contributed by atoms with Gasteiger partial charge in [0.05, 0.1) is 11.6 Å². The van der Waals surface area contributed by atoms with Gasteiger partial charge in [-0.1, -0.05) is 72.8 Å². The first-order valence-corrected chi connectivity index (χ1v) is 9.83. The molecule has 3 N–H and O–H groups in total. The smallest absolute Gasteiger partial charge is 0.255 e. The van der Waals surface area contributed by atoms with Crippen molar-refractivity contribution in [1.82, 2.24) is 10.6 Å². The molecule has 1 amide bonds. The van der Waals surface area contributed by atoms with E-state index in [4.69, 9.17) is 12.2 Å². The summed E-state index contributed by atoms with van der Waals surface area (Å²) in [7, 11) is 0. The van der Waals surface area contributed by atoms with E-state index < -0.39 is 0 Å². The van der Waals surface area contributed by atoms with Gasteiger partial charge in [-0.05, 0) is 48.0 Å². The summed E-state index contributed by atoms with van der Waals surface area (Å²) in [6, 6.07) is 27.5. The summed E-state index contributed by atoms with van der Waals surface area (Å²) in [6.45, 7) is 1.87. The molecule has 0 fully saturated rings. The standard InChI is InChI=1S/C24H21N3OS/c1-16-21(23(28)26-20-10-6-3-7-11-20)22(27-24(29)25-16)19-14-12-18(13-15-19)17-8-4-2-5-9-17/h2-15,22H,1H3,(H,26,28)(H2,25,27,29)/t22-/m1/s1. The number of thiocarbonyl (C=S) groups is 1. The van der Waals surface area contributed by atoms with Crippen LogP contribution in [0, 0.1) is 0 Å². The molecule has 4 nitrogen and oxygen atoms in total. The average molecular weight is 400 g/mol. The average Bonchev–Trinajstić information content (AvgIpc) is 2.74. The number of allylic oxidation sites excluding steroid dienone is 1. The van der Waals surface area contributed by atoms with Crippen molar-refractivity contribution in [2.45, 2.75) is 13.0 Å². The number of carbonyl (C=O) groups is 1. The van der Waals surface area contributed by atoms with Crippen molar-refractivity contribution in [1.29, 1.82) is 0 Å². The Morgan fingerprint density at radius 3 is 2.10 bits per heavy atom. The molecule has 0 bridgehead atoms. The molecule has 0 unspecified atom stereocenters. The second-order valence-corrected chi connectivity index (χ2v) is 7.29. The van der Waals surface area contributed by atoms with E-state index in [1.807, 2.05) is 67.6 Å². The Kier molecular flexibility index (Phi) is 5.40. The third-order valence-electron chi connectivity index (χ3n) is 4.90. The van der Waals surface area contributed by atoms with Crippen LogP contribution in [0.1, 0.15) is 18.5 Å². The number of benzene rings is 3. The third-order valence-corrected chi connectivity index (χ3v) is 5.12. The summed E-state index contributed by atoms with van der Waals surface area (Å²) in [5.74, 6) is -0.159. The summed E-state index contributed by atoms with van der Waals surface area (Å²) in [5.41, 5.74) is 5.38. The minimum Gasteiger partial charge on any atom is -0.351 e. The van der Waals surface area contributed by atoms with Gasteiger partial charge in [0.2, 0.25) is 0 Å². The van der Waals surface area contributed by atoms with E-state index in [2.05, 4.69) is 40.2 Å². The Bertz CT molecular complexity index is 1060. The highest BCUT2D eigenvalue weighted by Crippen LogP contribution is 2.29. The minimum absolute atomic E-state index is 0.159. The largest absolute Gasteiger partial charge is 0.351 e. The van der Waals surface area contributed by atoms with Gasteiger partial charge in [0, 0.05) is 11.4 Å². The fourth-order valence-corrected chi connectivity index (χ4v) is 3.73. The van der Waals surface area contributed by atoms with Gasteiger partial charge in [-0.15, -0.1) is 0 Å². The lowest BCUT2D eigenvalue weighted by molar-refractivity contribution is -0.113. The molecule has 0 saturated carbocycles. The highest BCUT2D eigenvalue weighted by molar-refractivity contribution is 7.80. The molecule has 0 saturated heterocycles. The van der Waals surface area contributed by atoms with Gasteiger partial charge in [0.15, 0.2) is 5.11 Å². The van der Waals surface area contributed by atoms with E-state index in [0.29, 0.717) is 10.7 Å². The van der Waals surface area contributed by atoms with Crippen LogP contribution in [0.5, 0.6) is 0 Å². The van der Waals surface area contributed by atoms with Crippen LogP contribution in [0.2, 0.25) is 0 Å². The summed E-state index contributed by atoms with van der Waals surface area (Å²) >= 11 is 5.34. The van der Waals surface area contributed by atoms with E-state index in [9.17, 15) is 4.79 Å². The van der Waals surface area contributed by atoms with Gasteiger partial charge in [-0.2, -0.15) is 0 Å². The molecule has 144 valence electrons. The molecule has 1 atom stereocenters. The van der Waals surface area contributed by atoms with E-state index in [0.717, 1.165) is 28.1 Å². The number of carbonyl (C=O) groups excluding carboxylic acids is 1. The van der Waals surface area contributed by atoms with Crippen LogP contribution in [0.4, 0.5) is 5.69 Å². The van der Waals surface area contributed by atoms with E-state index in [-0.39, 0.29) is 11.9 Å². The van der Waals surface area contributed by atoms with Crippen LogP contribution in [0.15, 0.2) is 96.2 Å². The molecule has 1 aliphatic rings. The second kappa shape index (κ2) is 8.29. The number of amides is 1. The number of rotatable bonds is 4. The van der Waals surface area contributed by atoms with Crippen molar-refractivity contribution in [3.63, 3.8) is 0 Å². The summed E-state index contributed by atoms with van der Waals surface area (Å²) < 4.78 is 0. The zero-order valence-corrected chi connectivity index (χ0v) is 16.8. The van der Waals surface area contributed by atoms with Crippen molar-refractivity contribution < 1.29 is 4.79 Å². The SMILES string of the molecule is CC1=C(C(=O)Nc2ccccc2)[C@@H](c2ccc(-c3ccccc3)cc2)NC(=S)N1. The predicted octanol–water partition coefficient (Wildman–Crippen LogP) is 4.79. The number of anilines is 1. The molecule has 4 rings (SSSR count). The van der Waals surface area contributed by atoms with Gasteiger partial charge >= 0.3 is 0 Å². The molecule has 0 radical (unpaired) electrons. The number of nitrogens with one attached hydrogen (secondary N) is 3. The highest BCUT2D eigenvalue weighted by atomic mass is 32.1. The maximum atomic E-state index is 13.1. The third kappa shape index (κ3) is 4.20. The van der Waals surface area contributed by atoms with Crippen molar-refractivity contribution in [2.75, 3.05) is 5.32 Å². The maximum absolute atomic E-state index is 13.1. The lowest BCUT2D eigenvalue weighted by Gasteiger charge is -2.30. The molecule has 3 aromatic rings. The van der Waals surface area contributed by atoms with Gasteiger partial charge < -0.3 is 16.0 Å². The molecule has 0 aromatic heterocycles. The van der Waals surface area contributed by atoms with Crippen LogP contribution < -0.4 is 16.0 Å². The summed E-state index contributed by atoms with van der Waals surface area (Å²) in [4.78, 5) is 13.1. The van der Waals surface area contributed by atoms with Crippen LogP contribution in [0.25, 0.3) is 11.1 Å². The van der Waals surface area contributed by atoms with Crippen molar-refractivity contribution >= 4 is 28.9 Å². The first-order chi connectivity index (χ1) is 14.1. The van der Waals surface area contributed by atoms with Gasteiger partial charge in [-0.3, -0.25) is 4.79 Å². The number of para-hydroxylation sites is 1. The predicted molar refractivity (Wildman–Crippen MR) is 121 cm³/mol. The number of hydrogen-bond donors (Lipinski definition) is 3. The fourth-order valence-electron chi connectivity index (χ4n) is 3.46. The molecule has 1 heterocycles. The van der Waals surface area contributed by atoms with E-state index in [1.54, 1.807) is 0 Å². The summed E-state index contributed by atoms with van der Waals surface area (Å²) in [5, 5.41) is 9.80. The number of hydrogen-bond acceptors (Lipinski definition) is 2. The van der Waals surface area contributed by atoms with Gasteiger partial charge in [-0.25, -0.2) is 0 Å². The minimum atomic E-state index is -0.322. The van der Waals surface area contributed by atoms with Crippen molar-refractivity contribution in [3.05, 3.63) is 102 Å². The van der Waals surface area contributed by atoms with Crippen molar-refractivity contribution in [2.24, 2.45) is 0 Å². The first kappa shape index (κ1) is 18.9. The fraction of sp³-hybridized carbons (Fsp3) is 0.0833. The Morgan fingerprint density at radius 1 is 0.862 bits per heavy atom. The van der Waals surface area contributed by atoms with E-state index in [1.165, 1.54) is 0 Å². The Hall–Kier alpha value is -3.44. The molecule has 0 spiro atoms. The van der Waals surface area contributed by atoms with Crippen LogP contribution in [0.3, 0.4) is 0 Å². The zero-order chi connectivity index (χ0) is 20.2. The molecular formula is C24H21N3OS. The molecule has 1 aliphatic heterocycles. The highest BCUT2D eigenvalue weighted by Gasteiger charge is 2.29. The molecule has 3 aromatic carbocycles. The lowest BCUT2D eigenvalue weighted by atomic mass is 9.93. The molecular weight excluding hydrogens is 378 g/mol. The van der Waals surface area contributed by atoms with Crippen LogP contribution >= 0.6 is 12.2 Å². The maximum Gasteiger partial charge on any atom is 0.255 e. The lowest BCUT2D eigenvalue weighted by Crippen LogP contribution is -2.45. The monoisotopic (exact) mass is 399 g/mol. The second-order valence-electron chi connectivity index (χ2n) is 6.88. The Labute approximate surface area is 175 Å². The van der Waals surface area contributed by atoms with E-state index >= 15 is 0 Å². The topological polar surface area (TPSA) is 53.2 Å². The normalized spacial score (nSPS) is 16.0. The molecule has 29 heavy (non-hydrogen) atoms. The van der Waals surface area contributed by atoms with Crippen LogP contribution in [-0.2, 0) is 4.79 Å². The zero-order valence-electron chi connectivity index (χ0n) is 16.0. The van der Waals surface area contributed by atoms with Crippen LogP contribution in [-0.4, -0.2) is 11.0 Å². The van der Waals surface area contributed by atoms with Gasteiger partial charge in [0.25, 0.3) is 5.91 Å². The summed E-state index contributed by atoms with van der Waals surface area (Å²) in [6.07, 6.45) is 0. The Morgan fingerprint density at radius 2 is 1.45 bits per heavy atom. The quantitative estimate of drug-likeness (QED) is 0.553. The Balaban J connectivity index is 1.64. The van der Waals surface area contributed by atoms with Gasteiger partial charge in [0.1, 0.15) is 0 Å². The molecule has 0 aliphatic carbocycles.